The van der Waals surface area contributed by atoms with E-state index in [0.717, 1.165) is 15.6 Å². The first-order valence-electron chi connectivity index (χ1n) is 7.82. The molecule has 0 aliphatic carbocycles. The first-order valence-corrected chi connectivity index (χ1v) is 10.1. The second-order valence-corrected chi connectivity index (χ2v) is 8.85. The summed E-state index contributed by atoms with van der Waals surface area (Å²) in [5.74, 6) is -0.468. The van der Waals surface area contributed by atoms with Crippen molar-refractivity contribution in [3.8, 4) is 11.3 Å². The Kier molecular flexibility index (Phi) is 5.49. The van der Waals surface area contributed by atoms with Gasteiger partial charge in [0.1, 0.15) is 4.21 Å². The highest BCUT2D eigenvalue weighted by atomic mass is 32.2. The number of anilines is 1. The Bertz CT molecular complexity index is 1090. The number of rotatable bonds is 6. The minimum atomic E-state index is -3.69. The fourth-order valence-electron chi connectivity index (χ4n) is 2.31. The number of benzene rings is 1. The van der Waals surface area contributed by atoms with Gasteiger partial charge < -0.3 is 5.32 Å². The SMILES string of the molecule is CN(CC(=O)Nc1cccc(-c2ccc(=O)[nH]n2)c1)S(=O)(=O)c1cccs1. The average molecular weight is 404 g/mol. The van der Waals surface area contributed by atoms with Crippen LogP contribution in [0.4, 0.5) is 5.69 Å². The van der Waals surface area contributed by atoms with Crippen LogP contribution in [0.25, 0.3) is 11.3 Å². The zero-order valence-electron chi connectivity index (χ0n) is 14.2. The third-order valence-corrected chi connectivity index (χ3v) is 6.82. The summed E-state index contributed by atoms with van der Waals surface area (Å²) in [6.07, 6.45) is 0. The molecule has 0 fully saturated rings. The lowest BCUT2D eigenvalue weighted by molar-refractivity contribution is -0.116. The Balaban J connectivity index is 1.70. The van der Waals surface area contributed by atoms with E-state index in [2.05, 4.69) is 15.5 Å². The highest BCUT2D eigenvalue weighted by molar-refractivity contribution is 7.91. The molecule has 3 aromatic rings. The molecule has 0 spiro atoms. The van der Waals surface area contributed by atoms with Crippen LogP contribution in [-0.4, -0.2) is 42.4 Å². The van der Waals surface area contributed by atoms with Gasteiger partial charge >= 0.3 is 0 Å². The Morgan fingerprint density at radius 1 is 1.22 bits per heavy atom. The Hall–Kier alpha value is -2.82. The number of amides is 1. The van der Waals surface area contributed by atoms with Crippen LogP contribution in [0.2, 0.25) is 0 Å². The molecule has 0 unspecified atom stereocenters. The fraction of sp³-hybridized carbons (Fsp3) is 0.118. The fourth-order valence-corrected chi connectivity index (χ4v) is 4.64. The second kappa shape index (κ2) is 7.82. The van der Waals surface area contributed by atoms with E-state index in [-0.39, 0.29) is 16.3 Å². The maximum atomic E-state index is 12.4. The molecule has 0 atom stereocenters. The third-order valence-electron chi connectivity index (χ3n) is 3.65. The monoisotopic (exact) mass is 404 g/mol. The number of nitrogens with zero attached hydrogens (tertiary/aromatic N) is 2. The lowest BCUT2D eigenvalue weighted by Crippen LogP contribution is -2.34. The number of likely N-dealkylation sites (N-methyl/N-ethyl adjacent to an activating group) is 1. The molecular formula is C17H16N4O4S2. The summed E-state index contributed by atoms with van der Waals surface area (Å²) in [7, 11) is -2.33. The molecule has 0 saturated heterocycles. The molecule has 10 heteroatoms. The Morgan fingerprint density at radius 2 is 2.04 bits per heavy atom. The number of aromatic amines is 1. The van der Waals surface area contributed by atoms with Gasteiger partial charge in [0.2, 0.25) is 5.91 Å². The van der Waals surface area contributed by atoms with Crippen molar-refractivity contribution in [3.63, 3.8) is 0 Å². The molecule has 2 aromatic heterocycles. The van der Waals surface area contributed by atoms with Gasteiger partial charge in [0, 0.05) is 24.4 Å². The molecule has 140 valence electrons. The topological polar surface area (TPSA) is 112 Å². The van der Waals surface area contributed by atoms with Crippen molar-refractivity contribution in [1.29, 1.82) is 0 Å². The van der Waals surface area contributed by atoms with Crippen molar-refractivity contribution < 1.29 is 13.2 Å². The number of carbonyl (C=O) groups is 1. The first kappa shape index (κ1) is 19.0. The molecule has 1 aromatic carbocycles. The standard InChI is InChI=1S/C17H16N4O4S2/c1-21(27(24,25)17-6-3-9-26-17)11-16(23)18-13-5-2-4-12(10-13)14-7-8-15(22)20-19-14/h2-10H,11H2,1H3,(H,18,23)(H,20,22). The van der Waals surface area contributed by atoms with Crippen LogP contribution in [0.3, 0.4) is 0 Å². The molecule has 0 aliphatic heterocycles. The predicted octanol–water partition coefficient (Wildman–Crippen LogP) is 1.76. The second-order valence-electron chi connectivity index (χ2n) is 5.63. The van der Waals surface area contributed by atoms with Crippen LogP contribution in [0.5, 0.6) is 0 Å². The first-order chi connectivity index (χ1) is 12.9. The van der Waals surface area contributed by atoms with Crippen LogP contribution in [0.1, 0.15) is 0 Å². The Labute approximate surface area is 159 Å². The highest BCUT2D eigenvalue weighted by Gasteiger charge is 2.23. The van der Waals surface area contributed by atoms with Gasteiger partial charge in [-0.3, -0.25) is 9.59 Å². The molecule has 1 amide bonds. The molecular weight excluding hydrogens is 388 g/mol. The summed E-state index contributed by atoms with van der Waals surface area (Å²) in [6, 6.07) is 12.9. The maximum Gasteiger partial charge on any atom is 0.264 e. The maximum absolute atomic E-state index is 12.4. The zero-order valence-corrected chi connectivity index (χ0v) is 15.9. The molecule has 3 rings (SSSR count). The van der Waals surface area contributed by atoms with Crippen molar-refractivity contribution in [3.05, 3.63) is 64.3 Å². The predicted molar refractivity (Wildman–Crippen MR) is 103 cm³/mol. The molecule has 8 nitrogen and oxygen atoms in total. The average Bonchev–Trinajstić information content (AvgIpc) is 3.18. The van der Waals surface area contributed by atoms with Crippen molar-refractivity contribution in [2.45, 2.75) is 4.21 Å². The van der Waals surface area contributed by atoms with Crippen LogP contribution < -0.4 is 10.9 Å². The Morgan fingerprint density at radius 3 is 2.70 bits per heavy atom. The normalized spacial score (nSPS) is 11.5. The van der Waals surface area contributed by atoms with Gasteiger partial charge in [0.15, 0.2) is 0 Å². The lowest BCUT2D eigenvalue weighted by atomic mass is 10.1. The summed E-state index contributed by atoms with van der Waals surface area (Å²) in [6.45, 7) is -0.318. The molecule has 0 aliphatic rings. The smallest absolute Gasteiger partial charge is 0.264 e. The summed E-state index contributed by atoms with van der Waals surface area (Å²) in [5, 5.41) is 10.6. The van der Waals surface area contributed by atoms with E-state index in [4.69, 9.17) is 0 Å². The number of nitrogens with one attached hydrogen (secondary N) is 2. The minimum Gasteiger partial charge on any atom is -0.325 e. The van der Waals surface area contributed by atoms with E-state index in [1.165, 1.54) is 19.2 Å². The molecule has 0 bridgehead atoms. The van der Waals surface area contributed by atoms with Crippen molar-refractivity contribution in [1.82, 2.24) is 14.5 Å². The van der Waals surface area contributed by atoms with Gasteiger partial charge in [-0.25, -0.2) is 13.5 Å². The molecule has 2 N–H and O–H groups in total. The summed E-state index contributed by atoms with van der Waals surface area (Å²) in [4.78, 5) is 23.4. The van der Waals surface area contributed by atoms with E-state index >= 15 is 0 Å². The zero-order chi connectivity index (χ0) is 19.4. The van der Waals surface area contributed by atoms with Gasteiger partial charge in [0.25, 0.3) is 15.6 Å². The van der Waals surface area contributed by atoms with Gasteiger partial charge in [-0.2, -0.15) is 9.40 Å². The van der Waals surface area contributed by atoms with Gasteiger partial charge in [-0.05, 0) is 29.6 Å². The van der Waals surface area contributed by atoms with Gasteiger partial charge in [0.05, 0.1) is 12.2 Å². The van der Waals surface area contributed by atoms with Crippen LogP contribution >= 0.6 is 11.3 Å². The minimum absolute atomic E-state index is 0.184. The number of hydrogen-bond acceptors (Lipinski definition) is 6. The largest absolute Gasteiger partial charge is 0.325 e. The van der Waals surface area contributed by atoms with Crippen molar-refractivity contribution >= 4 is 33.0 Å². The van der Waals surface area contributed by atoms with Crippen LogP contribution in [0, 0.1) is 0 Å². The number of carbonyl (C=O) groups excluding carboxylic acids is 1. The van der Waals surface area contributed by atoms with Crippen LogP contribution in [0.15, 0.2) is 62.9 Å². The highest BCUT2D eigenvalue weighted by Crippen LogP contribution is 2.21. The molecule has 0 radical (unpaired) electrons. The number of H-pyrrole nitrogens is 1. The number of thiophene rings is 1. The van der Waals surface area contributed by atoms with Crippen molar-refractivity contribution in [2.24, 2.45) is 0 Å². The van der Waals surface area contributed by atoms with Crippen molar-refractivity contribution in [2.75, 3.05) is 18.9 Å². The summed E-state index contributed by atoms with van der Waals surface area (Å²) in [5.41, 5.74) is 1.43. The number of hydrogen-bond donors (Lipinski definition) is 2. The van der Waals surface area contributed by atoms with Gasteiger partial charge in [-0.1, -0.05) is 18.2 Å². The van der Waals surface area contributed by atoms with E-state index < -0.39 is 15.9 Å². The quantitative estimate of drug-likeness (QED) is 0.650. The van der Waals surface area contributed by atoms with E-state index in [9.17, 15) is 18.0 Å². The van der Waals surface area contributed by atoms with E-state index in [1.807, 2.05) is 0 Å². The van der Waals surface area contributed by atoms with Gasteiger partial charge in [-0.15, -0.1) is 11.3 Å². The summed E-state index contributed by atoms with van der Waals surface area (Å²) < 4.78 is 25.9. The van der Waals surface area contributed by atoms with Crippen LogP contribution in [-0.2, 0) is 14.8 Å². The molecule has 0 saturated carbocycles. The van der Waals surface area contributed by atoms with E-state index in [1.54, 1.807) is 41.8 Å². The molecule has 2 heterocycles. The lowest BCUT2D eigenvalue weighted by Gasteiger charge is -2.16. The summed E-state index contributed by atoms with van der Waals surface area (Å²) >= 11 is 1.10. The third kappa shape index (κ3) is 4.48. The number of sulfonamides is 1. The van der Waals surface area contributed by atoms with E-state index in [0.29, 0.717) is 16.9 Å². The molecule has 27 heavy (non-hydrogen) atoms. The number of aromatic nitrogens is 2.